The van der Waals surface area contributed by atoms with Crippen molar-refractivity contribution < 1.29 is 13.2 Å². The number of nitrogens with two attached hydrogens (primary N) is 1. The van der Waals surface area contributed by atoms with Crippen molar-refractivity contribution in [3.05, 3.63) is 47.7 Å². The Balaban J connectivity index is 1.50. The Hall–Kier alpha value is -3.93. The van der Waals surface area contributed by atoms with Crippen molar-refractivity contribution in [3.63, 3.8) is 0 Å². The second kappa shape index (κ2) is 11.0. The molecule has 1 aliphatic heterocycles. The van der Waals surface area contributed by atoms with Gasteiger partial charge in [0.05, 0.1) is 52.5 Å². The lowest BCUT2D eigenvalue weighted by atomic mass is 10.1. The van der Waals surface area contributed by atoms with E-state index in [1.54, 1.807) is 30.9 Å². The first-order valence-corrected chi connectivity index (χ1v) is 14.3. The van der Waals surface area contributed by atoms with Crippen LogP contribution in [-0.4, -0.2) is 74.3 Å². The molecule has 1 amide bonds. The standard InChI is InChI=1S/C25H32N10O3S/c1-16-21(6-5-20(31-16)14-29-25(2,3)23(27)36)35-15-18(13-30-35)22-17(11-26)12-28-24(33-22)32-19-7-9-34(10-8-19)39(4,37)38/h5-6,12-13,15,19,29H,7-10,14H2,1-4H3,(H2,27,36)(H,28,32,33). The lowest BCUT2D eigenvalue weighted by Crippen LogP contribution is -2.50. The number of sulfonamides is 1. The maximum absolute atomic E-state index is 11.8. The molecule has 0 saturated carbocycles. The first-order chi connectivity index (χ1) is 18.4. The third kappa shape index (κ3) is 6.56. The van der Waals surface area contributed by atoms with Crippen molar-refractivity contribution in [2.75, 3.05) is 24.7 Å². The lowest BCUT2D eigenvalue weighted by Gasteiger charge is -2.30. The number of carbonyl (C=O) groups excluding carboxylic acids is 1. The molecule has 13 nitrogen and oxygen atoms in total. The number of nitrogens with zero attached hydrogens (tertiary/aromatic N) is 7. The van der Waals surface area contributed by atoms with Gasteiger partial charge in [-0.25, -0.2) is 27.4 Å². The second-order valence-electron chi connectivity index (χ2n) is 10.1. The summed E-state index contributed by atoms with van der Waals surface area (Å²) in [5.41, 5.74) is 8.18. The van der Waals surface area contributed by atoms with Crippen LogP contribution in [0.3, 0.4) is 0 Å². The SMILES string of the molecule is Cc1nc(CNC(C)(C)C(N)=O)ccc1-n1cc(-c2nc(NC3CCN(S(C)(=O)=O)CC3)ncc2C#N)cn1. The van der Waals surface area contributed by atoms with Gasteiger partial charge in [-0.05, 0) is 45.7 Å². The number of primary amides is 1. The smallest absolute Gasteiger partial charge is 0.237 e. The normalized spacial score (nSPS) is 15.2. The van der Waals surface area contributed by atoms with Crippen LogP contribution in [0.1, 0.15) is 43.6 Å². The summed E-state index contributed by atoms with van der Waals surface area (Å²) >= 11 is 0. The van der Waals surface area contributed by atoms with Gasteiger partial charge in [0.25, 0.3) is 0 Å². The minimum absolute atomic E-state index is 0.0155. The number of aromatic nitrogens is 5. The molecule has 3 aromatic rings. The summed E-state index contributed by atoms with van der Waals surface area (Å²) in [4.78, 5) is 25.0. The fourth-order valence-electron chi connectivity index (χ4n) is 4.19. The molecule has 0 spiro atoms. The molecular formula is C25H32N10O3S. The van der Waals surface area contributed by atoms with Gasteiger partial charge >= 0.3 is 0 Å². The number of pyridine rings is 1. The number of rotatable bonds is 9. The highest BCUT2D eigenvalue weighted by atomic mass is 32.2. The number of hydrogen-bond donors (Lipinski definition) is 3. The van der Waals surface area contributed by atoms with E-state index < -0.39 is 21.5 Å². The van der Waals surface area contributed by atoms with Crippen LogP contribution in [0.25, 0.3) is 16.9 Å². The molecule has 0 radical (unpaired) electrons. The van der Waals surface area contributed by atoms with Gasteiger partial charge < -0.3 is 11.1 Å². The number of aryl methyl sites for hydroxylation is 1. The molecule has 4 N–H and O–H groups in total. The quantitative estimate of drug-likeness (QED) is 0.347. The van der Waals surface area contributed by atoms with E-state index in [1.807, 2.05) is 19.1 Å². The van der Waals surface area contributed by atoms with Gasteiger partial charge in [-0.15, -0.1) is 0 Å². The van der Waals surface area contributed by atoms with Gasteiger partial charge in [0.1, 0.15) is 6.07 Å². The topological polar surface area (TPSA) is 185 Å². The van der Waals surface area contributed by atoms with Crippen LogP contribution in [0.2, 0.25) is 0 Å². The Morgan fingerprint density at radius 1 is 1.23 bits per heavy atom. The van der Waals surface area contributed by atoms with Gasteiger partial charge in [0.15, 0.2) is 0 Å². The van der Waals surface area contributed by atoms with E-state index in [1.165, 1.54) is 16.8 Å². The third-order valence-electron chi connectivity index (χ3n) is 6.71. The van der Waals surface area contributed by atoms with E-state index in [9.17, 15) is 18.5 Å². The predicted molar refractivity (Wildman–Crippen MR) is 145 cm³/mol. The van der Waals surface area contributed by atoms with Crippen LogP contribution in [0, 0.1) is 18.3 Å². The summed E-state index contributed by atoms with van der Waals surface area (Å²) in [5.74, 6) is -0.0831. The van der Waals surface area contributed by atoms with Crippen LogP contribution < -0.4 is 16.4 Å². The monoisotopic (exact) mass is 552 g/mol. The molecule has 4 rings (SSSR count). The molecule has 14 heteroatoms. The van der Waals surface area contributed by atoms with E-state index in [0.29, 0.717) is 55.2 Å². The summed E-state index contributed by atoms with van der Waals surface area (Å²) in [5, 5.41) is 20.5. The van der Waals surface area contributed by atoms with Crippen LogP contribution in [0.4, 0.5) is 5.95 Å². The van der Waals surface area contributed by atoms with Crippen molar-refractivity contribution in [3.8, 4) is 23.0 Å². The average Bonchev–Trinajstić information content (AvgIpc) is 3.37. The number of amides is 1. The zero-order valence-electron chi connectivity index (χ0n) is 22.3. The average molecular weight is 553 g/mol. The van der Waals surface area contributed by atoms with Gasteiger partial charge in [-0.3, -0.25) is 15.1 Å². The molecule has 1 fully saturated rings. The number of hydrogen-bond acceptors (Lipinski definition) is 10. The fourth-order valence-corrected chi connectivity index (χ4v) is 5.06. The zero-order valence-corrected chi connectivity index (χ0v) is 23.2. The highest BCUT2D eigenvalue weighted by Gasteiger charge is 2.26. The molecule has 0 atom stereocenters. The third-order valence-corrected chi connectivity index (χ3v) is 8.01. The second-order valence-corrected chi connectivity index (χ2v) is 12.1. The fraction of sp³-hybridized carbons (Fsp3) is 0.440. The number of nitrogens with one attached hydrogen (secondary N) is 2. The number of carbonyl (C=O) groups is 1. The van der Waals surface area contributed by atoms with Crippen molar-refractivity contribution >= 4 is 21.9 Å². The molecule has 0 unspecified atom stereocenters. The van der Waals surface area contributed by atoms with Gasteiger partial charge in [0, 0.05) is 37.4 Å². The molecule has 0 aliphatic carbocycles. The number of nitriles is 1. The molecule has 1 aliphatic rings. The summed E-state index contributed by atoms with van der Waals surface area (Å²) in [7, 11) is -3.21. The largest absolute Gasteiger partial charge is 0.368 e. The van der Waals surface area contributed by atoms with Gasteiger partial charge in [-0.2, -0.15) is 10.4 Å². The Bertz CT molecular complexity index is 1520. The minimum Gasteiger partial charge on any atom is -0.368 e. The van der Waals surface area contributed by atoms with E-state index in [2.05, 4.69) is 36.8 Å². The Kier molecular flexibility index (Phi) is 7.96. The zero-order chi connectivity index (χ0) is 28.4. The van der Waals surface area contributed by atoms with Gasteiger partial charge in [-0.1, -0.05) is 0 Å². The maximum atomic E-state index is 11.8. The molecule has 0 aromatic carbocycles. The van der Waals surface area contributed by atoms with E-state index in [4.69, 9.17) is 5.73 Å². The van der Waals surface area contributed by atoms with E-state index in [-0.39, 0.29) is 6.04 Å². The maximum Gasteiger partial charge on any atom is 0.237 e. The first-order valence-electron chi connectivity index (χ1n) is 12.4. The van der Waals surface area contributed by atoms with Crippen LogP contribution in [-0.2, 0) is 21.4 Å². The predicted octanol–water partition coefficient (Wildman–Crippen LogP) is 1.09. The Labute approximate surface area is 227 Å². The molecule has 1 saturated heterocycles. The number of anilines is 1. The highest BCUT2D eigenvalue weighted by Crippen LogP contribution is 2.25. The van der Waals surface area contributed by atoms with Crippen molar-refractivity contribution in [2.45, 2.75) is 51.7 Å². The lowest BCUT2D eigenvalue weighted by molar-refractivity contribution is -0.123. The summed E-state index contributed by atoms with van der Waals surface area (Å²) in [6.45, 7) is 6.52. The van der Waals surface area contributed by atoms with Crippen molar-refractivity contribution in [2.24, 2.45) is 5.73 Å². The molecule has 206 valence electrons. The molecule has 4 heterocycles. The summed E-state index contributed by atoms with van der Waals surface area (Å²) < 4.78 is 26.7. The Morgan fingerprint density at radius 3 is 2.56 bits per heavy atom. The van der Waals surface area contributed by atoms with Crippen LogP contribution >= 0.6 is 0 Å². The number of piperidine rings is 1. The van der Waals surface area contributed by atoms with E-state index in [0.717, 1.165) is 17.1 Å². The molecular weight excluding hydrogens is 520 g/mol. The minimum atomic E-state index is -3.21. The summed E-state index contributed by atoms with van der Waals surface area (Å²) in [6.07, 6.45) is 7.34. The molecule has 39 heavy (non-hydrogen) atoms. The van der Waals surface area contributed by atoms with Crippen LogP contribution in [0.5, 0.6) is 0 Å². The summed E-state index contributed by atoms with van der Waals surface area (Å²) in [6, 6.07) is 5.88. The molecule has 3 aromatic heterocycles. The van der Waals surface area contributed by atoms with Crippen molar-refractivity contribution in [1.82, 2.24) is 34.4 Å². The van der Waals surface area contributed by atoms with Crippen molar-refractivity contribution in [1.29, 1.82) is 5.26 Å². The van der Waals surface area contributed by atoms with E-state index >= 15 is 0 Å². The van der Waals surface area contributed by atoms with Crippen LogP contribution in [0.15, 0.2) is 30.7 Å². The van der Waals surface area contributed by atoms with Gasteiger partial charge in [0.2, 0.25) is 21.9 Å². The highest BCUT2D eigenvalue weighted by molar-refractivity contribution is 7.88. The Morgan fingerprint density at radius 2 is 1.95 bits per heavy atom. The first kappa shape index (κ1) is 28.1. The molecule has 0 bridgehead atoms.